The van der Waals surface area contributed by atoms with Gasteiger partial charge in [0.15, 0.2) is 0 Å². The molecule has 1 aromatic carbocycles. The van der Waals surface area contributed by atoms with Gasteiger partial charge >= 0.3 is 0 Å². The van der Waals surface area contributed by atoms with Gasteiger partial charge in [-0.05, 0) is 24.3 Å². The molecule has 4 heteroatoms. The van der Waals surface area contributed by atoms with E-state index in [2.05, 4.69) is 17.4 Å². The van der Waals surface area contributed by atoms with Crippen molar-refractivity contribution in [1.29, 1.82) is 0 Å². The van der Waals surface area contributed by atoms with Crippen molar-refractivity contribution in [2.24, 2.45) is 0 Å². The highest BCUT2D eigenvalue weighted by atomic mass is 32.2. The first-order valence-electron chi connectivity index (χ1n) is 5.01. The first kappa shape index (κ1) is 10.8. The first-order valence-corrected chi connectivity index (χ1v) is 5.89. The summed E-state index contributed by atoms with van der Waals surface area (Å²) in [5.41, 5.74) is 0.229. The molecule has 1 saturated heterocycles. The zero-order valence-corrected chi connectivity index (χ0v) is 9.55. The molecule has 1 aliphatic heterocycles. The predicted molar refractivity (Wildman–Crippen MR) is 61.5 cm³/mol. The number of methoxy groups -OCH3 is 1. The molecule has 1 N–H and O–H groups in total. The number of ether oxygens (including phenoxy) is 2. The van der Waals surface area contributed by atoms with Crippen molar-refractivity contribution in [3.05, 3.63) is 24.3 Å². The highest BCUT2D eigenvalue weighted by Gasteiger charge is 2.14. The van der Waals surface area contributed by atoms with Crippen LogP contribution in [0.15, 0.2) is 29.2 Å². The molecule has 1 fully saturated rings. The van der Waals surface area contributed by atoms with Crippen molar-refractivity contribution in [1.82, 2.24) is 5.32 Å². The number of rotatable bonds is 3. The molecule has 0 radical (unpaired) electrons. The molecule has 82 valence electrons. The Kier molecular flexibility index (Phi) is 3.88. The molecule has 0 aliphatic carbocycles. The zero-order chi connectivity index (χ0) is 10.5. The highest BCUT2D eigenvalue weighted by molar-refractivity contribution is 7.99. The topological polar surface area (TPSA) is 30.5 Å². The second-order valence-electron chi connectivity index (χ2n) is 3.30. The summed E-state index contributed by atoms with van der Waals surface area (Å²) >= 11 is 1.74. The maximum Gasteiger partial charge on any atom is 0.120 e. The van der Waals surface area contributed by atoms with Crippen LogP contribution in [0.5, 0.6) is 5.75 Å². The van der Waals surface area contributed by atoms with Crippen molar-refractivity contribution in [2.75, 3.05) is 26.8 Å². The van der Waals surface area contributed by atoms with Gasteiger partial charge in [0.2, 0.25) is 0 Å². The average Bonchev–Trinajstić information content (AvgIpc) is 2.31. The normalized spacial score (nSPS) is 21.3. The standard InChI is InChI=1S/C11H15NO2S/c1-13-9-2-4-10(5-3-9)15-11-8-12-6-7-14-11/h2-5,11-12H,6-8H2,1H3. The Balaban J connectivity index is 1.91. The molecule has 1 atom stereocenters. The molecule has 0 saturated carbocycles. The van der Waals surface area contributed by atoms with Crippen LogP contribution in [0.25, 0.3) is 0 Å². The third kappa shape index (κ3) is 3.12. The van der Waals surface area contributed by atoms with Crippen LogP contribution in [-0.2, 0) is 4.74 Å². The lowest BCUT2D eigenvalue weighted by molar-refractivity contribution is 0.0853. The van der Waals surface area contributed by atoms with E-state index in [1.165, 1.54) is 4.90 Å². The summed E-state index contributed by atoms with van der Waals surface area (Å²) in [6, 6.07) is 8.06. The number of hydrogen-bond acceptors (Lipinski definition) is 4. The molecule has 2 rings (SSSR count). The molecular weight excluding hydrogens is 210 g/mol. The summed E-state index contributed by atoms with van der Waals surface area (Å²) in [7, 11) is 1.68. The number of hydrogen-bond donors (Lipinski definition) is 1. The summed E-state index contributed by atoms with van der Waals surface area (Å²) in [6.45, 7) is 2.67. The van der Waals surface area contributed by atoms with Gasteiger partial charge in [-0.1, -0.05) is 11.8 Å². The van der Waals surface area contributed by atoms with Gasteiger partial charge in [-0.3, -0.25) is 0 Å². The van der Waals surface area contributed by atoms with E-state index >= 15 is 0 Å². The second-order valence-corrected chi connectivity index (χ2v) is 4.53. The minimum atomic E-state index is 0.229. The summed E-state index contributed by atoms with van der Waals surface area (Å²) < 4.78 is 10.7. The van der Waals surface area contributed by atoms with E-state index in [1.54, 1.807) is 18.9 Å². The summed E-state index contributed by atoms with van der Waals surface area (Å²) in [5, 5.41) is 3.31. The predicted octanol–water partition coefficient (Wildman–Crippen LogP) is 1.73. The third-order valence-corrected chi connectivity index (χ3v) is 3.33. The lowest BCUT2D eigenvalue weighted by Crippen LogP contribution is -2.36. The van der Waals surface area contributed by atoms with E-state index in [1.807, 2.05) is 12.1 Å². The third-order valence-electron chi connectivity index (χ3n) is 2.22. The van der Waals surface area contributed by atoms with Crippen LogP contribution >= 0.6 is 11.8 Å². The van der Waals surface area contributed by atoms with Gasteiger partial charge in [0, 0.05) is 18.0 Å². The van der Waals surface area contributed by atoms with Crippen molar-refractivity contribution in [3.63, 3.8) is 0 Å². The fourth-order valence-corrected chi connectivity index (χ4v) is 2.39. The van der Waals surface area contributed by atoms with Gasteiger partial charge in [-0.15, -0.1) is 0 Å². The van der Waals surface area contributed by atoms with E-state index in [9.17, 15) is 0 Å². The highest BCUT2D eigenvalue weighted by Crippen LogP contribution is 2.26. The van der Waals surface area contributed by atoms with E-state index in [-0.39, 0.29) is 5.44 Å². The molecule has 1 unspecified atom stereocenters. The van der Waals surface area contributed by atoms with Gasteiger partial charge in [0.25, 0.3) is 0 Å². The minimum Gasteiger partial charge on any atom is -0.497 e. The first-order chi connectivity index (χ1) is 7.38. The average molecular weight is 225 g/mol. The largest absolute Gasteiger partial charge is 0.497 e. The molecule has 0 aromatic heterocycles. The van der Waals surface area contributed by atoms with Crippen molar-refractivity contribution < 1.29 is 9.47 Å². The van der Waals surface area contributed by atoms with Crippen LogP contribution in [0, 0.1) is 0 Å². The van der Waals surface area contributed by atoms with Gasteiger partial charge in [-0.2, -0.15) is 0 Å². The second kappa shape index (κ2) is 5.39. The van der Waals surface area contributed by atoms with Crippen LogP contribution in [0.4, 0.5) is 0 Å². The SMILES string of the molecule is COc1ccc(SC2CNCCO2)cc1. The number of benzene rings is 1. The van der Waals surface area contributed by atoms with Crippen molar-refractivity contribution in [2.45, 2.75) is 10.3 Å². The Morgan fingerprint density at radius 3 is 2.80 bits per heavy atom. The fourth-order valence-electron chi connectivity index (χ4n) is 1.42. The molecule has 1 aliphatic rings. The summed E-state index contributed by atoms with van der Waals surface area (Å²) in [4.78, 5) is 1.21. The molecule has 3 nitrogen and oxygen atoms in total. The summed E-state index contributed by atoms with van der Waals surface area (Å²) in [5.74, 6) is 0.891. The Morgan fingerprint density at radius 1 is 1.40 bits per heavy atom. The summed E-state index contributed by atoms with van der Waals surface area (Å²) in [6.07, 6.45) is 0. The molecular formula is C11H15NO2S. The molecule has 0 amide bonds. The van der Waals surface area contributed by atoms with Crippen molar-refractivity contribution >= 4 is 11.8 Å². The van der Waals surface area contributed by atoms with Crippen LogP contribution < -0.4 is 10.1 Å². The molecule has 1 aromatic rings. The molecule has 0 spiro atoms. The quantitative estimate of drug-likeness (QED) is 0.848. The fraction of sp³-hybridized carbons (Fsp3) is 0.455. The smallest absolute Gasteiger partial charge is 0.120 e. The minimum absolute atomic E-state index is 0.229. The lowest BCUT2D eigenvalue weighted by atomic mass is 10.3. The van der Waals surface area contributed by atoms with E-state index < -0.39 is 0 Å². The van der Waals surface area contributed by atoms with Crippen molar-refractivity contribution in [3.8, 4) is 5.75 Å². The van der Waals surface area contributed by atoms with Crippen LogP contribution in [0.2, 0.25) is 0 Å². The van der Waals surface area contributed by atoms with Gasteiger partial charge in [0.05, 0.1) is 13.7 Å². The van der Waals surface area contributed by atoms with E-state index in [4.69, 9.17) is 9.47 Å². The molecule has 0 bridgehead atoms. The molecule has 15 heavy (non-hydrogen) atoms. The van der Waals surface area contributed by atoms with Crippen LogP contribution in [0.3, 0.4) is 0 Å². The number of morpholine rings is 1. The monoisotopic (exact) mass is 225 g/mol. The van der Waals surface area contributed by atoms with Crippen LogP contribution in [0.1, 0.15) is 0 Å². The van der Waals surface area contributed by atoms with Gasteiger partial charge in [-0.25, -0.2) is 0 Å². The Morgan fingerprint density at radius 2 is 2.20 bits per heavy atom. The van der Waals surface area contributed by atoms with Crippen LogP contribution in [-0.4, -0.2) is 32.2 Å². The molecule has 1 heterocycles. The Hall–Kier alpha value is -0.710. The number of thioether (sulfide) groups is 1. The van der Waals surface area contributed by atoms with Gasteiger partial charge in [0.1, 0.15) is 11.2 Å². The number of nitrogens with one attached hydrogen (secondary N) is 1. The lowest BCUT2D eigenvalue weighted by Gasteiger charge is -2.22. The van der Waals surface area contributed by atoms with E-state index in [0.29, 0.717) is 0 Å². The van der Waals surface area contributed by atoms with Gasteiger partial charge < -0.3 is 14.8 Å². The Labute approximate surface area is 94.2 Å². The Bertz CT molecular complexity index is 296. The maximum absolute atomic E-state index is 5.61. The zero-order valence-electron chi connectivity index (χ0n) is 8.73. The van der Waals surface area contributed by atoms with E-state index in [0.717, 1.165) is 25.4 Å². The maximum atomic E-state index is 5.61.